The Bertz CT molecular complexity index is 373. The third-order valence-corrected chi connectivity index (χ3v) is 2.79. The van der Waals surface area contributed by atoms with Gasteiger partial charge in [-0.05, 0) is 25.0 Å². The second kappa shape index (κ2) is 13.9. The Kier molecular flexibility index (Phi) is 13.3. The van der Waals surface area contributed by atoms with Crippen LogP contribution in [0.15, 0.2) is 35.3 Å². The molecule has 0 fully saturated rings. The van der Waals surface area contributed by atoms with Gasteiger partial charge in [0, 0.05) is 46.1 Å². The van der Waals surface area contributed by atoms with Crippen LogP contribution in [0.5, 0.6) is 0 Å². The molecule has 0 aliphatic heterocycles. The quantitative estimate of drug-likeness (QED) is 0.255. The van der Waals surface area contributed by atoms with Crippen molar-refractivity contribution in [1.29, 1.82) is 0 Å². The van der Waals surface area contributed by atoms with Crippen LogP contribution in [-0.2, 0) is 4.74 Å². The first-order valence-electron chi connectivity index (χ1n) is 7.09. The van der Waals surface area contributed by atoms with E-state index in [0.29, 0.717) is 0 Å². The molecule has 1 aromatic rings. The zero-order chi connectivity index (χ0) is 14.5. The van der Waals surface area contributed by atoms with Crippen molar-refractivity contribution < 1.29 is 4.74 Å². The summed E-state index contributed by atoms with van der Waals surface area (Å²) in [5.41, 5.74) is 1.16. The Labute approximate surface area is 145 Å². The number of para-hydroxylation sites is 1. The van der Waals surface area contributed by atoms with E-state index in [1.165, 1.54) is 0 Å². The van der Waals surface area contributed by atoms with Crippen molar-refractivity contribution in [1.82, 2.24) is 10.6 Å². The van der Waals surface area contributed by atoms with Gasteiger partial charge in [0.1, 0.15) is 0 Å². The molecule has 0 radical (unpaired) electrons. The molecule has 0 saturated heterocycles. The van der Waals surface area contributed by atoms with E-state index in [1.54, 1.807) is 14.2 Å². The maximum Gasteiger partial charge on any atom is 0.190 e. The largest absolute Gasteiger partial charge is 0.385 e. The summed E-state index contributed by atoms with van der Waals surface area (Å²) in [7, 11) is 3.50. The van der Waals surface area contributed by atoms with Crippen molar-refractivity contribution >= 4 is 35.6 Å². The van der Waals surface area contributed by atoms with Gasteiger partial charge in [0.15, 0.2) is 5.96 Å². The van der Waals surface area contributed by atoms with Gasteiger partial charge in [0.2, 0.25) is 0 Å². The second-order valence-corrected chi connectivity index (χ2v) is 4.42. The Morgan fingerprint density at radius 1 is 1.05 bits per heavy atom. The molecular formula is C15H27IN4O. The van der Waals surface area contributed by atoms with E-state index in [4.69, 9.17) is 4.74 Å². The first-order chi connectivity index (χ1) is 9.86. The molecule has 120 valence electrons. The van der Waals surface area contributed by atoms with Crippen molar-refractivity contribution in [3.05, 3.63) is 30.3 Å². The molecular weight excluding hydrogens is 379 g/mol. The standard InChI is InChI=1S/C15H26N4O.HI/c1-16-15(19-12-7-13-20-2)18-11-6-10-17-14-8-4-3-5-9-14;/h3-5,8-9,17H,6-7,10-13H2,1-2H3,(H2,16,18,19);1H. The summed E-state index contributed by atoms with van der Waals surface area (Å²) in [6.07, 6.45) is 2.01. The molecule has 0 unspecified atom stereocenters. The van der Waals surface area contributed by atoms with E-state index in [0.717, 1.165) is 50.7 Å². The van der Waals surface area contributed by atoms with E-state index >= 15 is 0 Å². The van der Waals surface area contributed by atoms with Crippen molar-refractivity contribution in [2.24, 2.45) is 4.99 Å². The van der Waals surface area contributed by atoms with Gasteiger partial charge in [0.25, 0.3) is 0 Å². The minimum atomic E-state index is 0. The summed E-state index contributed by atoms with van der Waals surface area (Å²) in [6, 6.07) is 10.2. The predicted molar refractivity (Wildman–Crippen MR) is 101 cm³/mol. The van der Waals surface area contributed by atoms with E-state index < -0.39 is 0 Å². The van der Waals surface area contributed by atoms with Crippen LogP contribution in [0.4, 0.5) is 5.69 Å². The molecule has 0 aliphatic carbocycles. The monoisotopic (exact) mass is 406 g/mol. The highest BCUT2D eigenvalue weighted by Gasteiger charge is 1.96. The molecule has 0 atom stereocenters. The molecule has 1 aromatic carbocycles. The van der Waals surface area contributed by atoms with Crippen LogP contribution in [0.2, 0.25) is 0 Å². The number of anilines is 1. The van der Waals surface area contributed by atoms with E-state index in [-0.39, 0.29) is 24.0 Å². The number of nitrogens with zero attached hydrogens (tertiary/aromatic N) is 1. The minimum Gasteiger partial charge on any atom is -0.385 e. The number of hydrogen-bond acceptors (Lipinski definition) is 3. The number of nitrogens with one attached hydrogen (secondary N) is 3. The highest BCUT2D eigenvalue weighted by atomic mass is 127. The minimum absolute atomic E-state index is 0. The third-order valence-electron chi connectivity index (χ3n) is 2.79. The Balaban J connectivity index is 0.00000400. The number of rotatable bonds is 9. The number of halogens is 1. The van der Waals surface area contributed by atoms with E-state index in [9.17, 15) is 0 Å². The molecule has 0 bridgehead atoms. The zero-order valence-electron chi connectivity index (χ0n) is 12.9. The number of benzene rings is 1. The van der Waals surface area contributed by atoms with Gasteiger partial charge in [-0.25, -0.2) is 0 Å². The second-order valence-electron chi connectivity index (χ2n) is 4.42. The topological polar surface area (TPSA) is 57.7 Å². The lowest BCUT2D eigenvalue weighted by molar-refractivity contribution is 0.195. The van der Waals surface area contributed by atoms with Gasteiger partial charge in [-0.3, -0.25) is 4.99 Å². The average molecular weight is 406 g/mol. The van der Waals surface area contributed by atoms with Crippen LogP contribution >= 0.6 is 24.0 Å². The highest BCUT2D eigenvalue weighted by Crippen LogP contribution is 2.03. The van der Waals surface area contributed by atoms with Gasteiger partial charge in [-0.1, -0.05) is 18.2 Å². The van der Waals surface area contributed by atoms with Gasteiger partial charge < -0.3 is 20.7 Å². The molecule has 0 saturated carbocycles. The SMILES string of the molecule is CN=C(NCCCNc1ccccc1)NCCCOC.I. The van der Waals surface area contributed by atoms with Crippen LogP contribution in [0.1, 0.15) is 12.8 Å². The van der Waals surface area contributed by atoms with Crippen molar-refractivity contribution in [3.8, 4) is 0 Å². The molecule has 0 spiro atoms. The predicted octanol–water partition coefficient (Wildman–Crippen LogP) is 2.31. The fourth-order valence-corrected chi connectivity index (χ4v) is 1.73. The molecule has 5 nitrogen and oxygen atoms in total. The van der Waals surface area contributed by atoms with Crippen LogP contribution in [0.25, 0.3) is 0 Å². The lowest BCUT2D eigenvalue weighted by atomic mass is 10.3. The summed E-state index contributed by atoms with van der Waals surface area (Å²) >= 11 is 0. The summed E-state index contributed by atoms with van der Waals surface area (Å²) in [4.78, 5) is 4.17. The van der Waals surface area contributed by atoms with Gasteiger partial charge in [-0.2, -0.15) is 0 Å². The lowest BCUT2D eigenvalue weighted by Gasteiger charge is -2.12. The molecule has 0 aromatic heterocycles. The van der Waals surface area contributed by atoms with Gasteiger partial charge >= 0.3 is 0 Å². The molecule has 0 amide bonds. The molecule has 6 heteroatoms. The maximum atomic E-state index is 5.00. The van der Waals surface area contributed by atoms with Gasteiger partial charge in [-0.15, -0.1) is 24.0 Å². The Morgan fingerprint density at radius 2 is 1.71 bits per heavy atom. The number of guanidine groups is 1. The van der Waals surface area contributed by atoms with E-state index in [1.807, 2.05) is 18.2 Å². The van der Waals surface area contributed by atoms with Gasteiger partial charge in [0.05, 0.1) is 0 Å². The fourth-order valence-electron chi connectivity index (χ4n) is 1.73. The number of aliphatic imine (C=N–C) groups is 1. The molecule has 3 N–H and O–H groups in total. The Morgan fingerprint density at radius 3 is 2.33 bits per heavy atom. The van der Waals surface area contributed by atoms with Crippen LogP contribution in [0.3, 0.4) is 0 Å². The maximum absolute atomic E-state index is 5.00. The van der Waals surface area contributed by atoms with Crippen molar-refractivity contribution in [3.63, 3.8) is 0 Å². The molecule has 21 heavy (non-hydrogen) atoms. The first-order valence-corrected chi connectivity index (χ1v) is 7.09. The third kappa shape index (κ3) is 10.4. The lowest BCUT2D eigenvalue weighted by Crippen LogP contribution is -2.38. The van der Waals surface area contributed by atoms with Crippen LogP contribution in [-0.4, -0.2) is 46.4 Å². The molecule has 0 heterocycles. The fraction of sp³-hybridized carbons (Fsp3) is 0.533. The number of ether oxygens (including phenoxy) is 1. The normalized spacial score (nSPS) is 10.7. The smallest absolute Gasteiger partial charge is 0.190 e. The van der Waals surface area contributed by atoms with E-state index in [2.05, 4.69) is 33.1 Å². The van der Waals surface area contributed by atoms with Crippen molar-refractivity contribution in [2.45, 2.75) is 12.8 Å². The highest BCUT2D eigenvalue weighted by molar-refractivity contribution is 14.0. The summed E-state index contributed by atoms with van der Waals surface area (Å²) in [5, 5.41) is 9.92. The summed E-state index contributed by atoms with van der Waals surface area (Å²) < 4.78 is 5.00. The average Bonchev–Trinajstić information content (AvgIpc) is 2.50. The number of hydrogen-bond donors (Lipinski definition) is 3. The summed E-state index contributed by atoms with van der Waals surface area (Å²) in [6.45, 7) is 3.47. The zero-order valence-corrected chi connectivity index (χ0v) is 15.2. The van der Waals surface area contributed by atoms with Crippen LogP contribution in [0, 0.1) is 0 Å². The molecule has 1 rings (SSSR count). The number of methoxy groups -OCH3 is 1. The Hall–Kier alpha value is -1.02. The first kappa shape index (κ1) is 20.0. The van der Waals surface area contributed by atoms with Crippen LogP contribution < -0.4 is 16.0 Å². The molecule has 0 aliphatic rings. The summed E-state index contributed by atoms with van der Waals surface area (Å²) in [5.74, 6) is 0.848. The van der Waals surface area contributed by atoms with Crippen molar-refractivity contribution in [2.75, 3.05) is 45.7 Å².